The van der Waals surface area contributed by atoms with E-state index in [1.807, 2.05) is 36.4 Å². The van der Waals surface area contributed by atoms with Gasteiger partial charge in [-0.15, -0.1) is 0 Å². The molecule has 0 bridgehead atoms. The molecule has 0 unspecified atom stereocenters. The highest BCUT2D eigenvalue weighted by Gasteiger charge is 2.16. The molecule has 2 aromatic carbocycles. The summed E-state index contributed by atoms with van der Waals surface area (Å²) in [5.41, 5.74) is 4.08. The van der Waals surface area contributed by atoms with Crippen molar-refractivity contribution in [3.05, 3.63) is 88.5 Å². The third-order valence-corrected chi connectivity index (χ3v) is 4.87. The Morgan fingerprint density at radius 1 is 1.03 bits per heavy atom. The van der Waals surface area contributed by atoms with Crippen molar-refractivity contribution in [3.8, 4) is 5.69 Å². The molecule has 3 heterocycles. The standard InChI is InChI=1S/C22H18N6O/c1-14-6-5-7-15(10-14)11-23-22-24-12-17-19-18(13-25-27-19)21(29)28(20(17)26-22)16-8-3-2-4-9-16/h2-10,12-13H,11H2,1H3,(H,25,27)(H,23,24,26). The minimum Gasteiger partial charge on any atom is -0.350 e. The predicted octanol–water partition coefficient (Wildman–Crippen LogP) is 3.58. The monoisotopic (exact) mass is 382 g/mol. The first-order chi connectivity index (χ1) is 14.2. The van der Waals surface area contributed by atoms with Crippen molar-refractivity contribution in [1.82, 2.24) is 24.7 Å². The number of para-hydroxylation sites is 1. The zero-order valence-corrected chi connectivity index (χ0v) is 15.8. The van der Waals surface area contributed by atoms with Gasteiger partial charge >= 0.3 is 0 Å². The molecular formula is C22H18N6O. The Labute approximate surface area is 166 Å². The summed E-state index contributed by atoms with van der Waals surface area (Å²) in [4.78, 5) is 22.3. The molecule has 2 N–H and O–H groups in total. The van der Waals surface area contributed by atoms with Gasteiger partial charge in [-0.25, -0.2) is 4.98 Å². The first-order valence-corrected chi connectivity index (χ1v) is 9.30. The average molecular weight is 382 g/mol. The zero-order chi connectivity index (χ0) is 19.8. The lowest BCUT2D eigenvalue weighted by Crippen LogP contribution is -2.20. The largest absolute Gasteiger partial charge is 0.350 e. The molecule has 29 heavy (non-hydrogen) atoms. The van der Waals surface area contributed by atoms with Crippen molar-refractivity contribution in [2.75, 3.05) is 5.32 Å². The van der Waals surface area contributed by atoms with Crippen LogP contribution in [0.25, 0.3) is 27.6 Å². The van der Waals surface area contributed by atoms with E-state index in [0.717, 1.165) is 16.6 Å². The molecule has 5 aromatic rings. The maximum absolute atomic E-state index is 13.2. The fourth-order valence-corrected chi connectivity index (χ4v) is 3.49. The number of pyridine rings is 1. The SMILES string of the molecule is Cc1cccc(CNc2ncc3c4[nH]ncc4c(=O)n(-c4ccccc4)c3n2)c1. The molecule has 3 aromatic heterocycles. The Bertz CT molecular complexity index is 1390. The number of hydrogen-bond acceptors (Lipinski definition) is 5. The summed E-state index contributed by atoms with van der Waals surface area (Å²) in [6, 6.07) is 17.7. The maximum atomic E-state index is 13.2. The second-order valence-electron chi connectivity index (χ2n) is 6.91. The number of benzene rings is 2. The van der Waals surface area contributed by atoms with Gasteiger partial charge in [0.05, 0.1) is 28.2 Å². The van der Waals surface area contributed by atoms with Gasteiger partial charge in [-0.05, 0) is 24.6 Å². The van der Waals surface area contributed by atoms with Crippen LogP contribution >= 0.6 is 0 Å². The number of aromatic amines is 1. The molecule has 7 heteroatoms. The highest BCUT2D eigenvalue weighted by molar-refractivity contribution is 6.02. The van der Waals surface area contributed by atoms with Gasteiger partial charge in [0.15, 0.2) is 5.65 Å². The Hall–Kier alpha value is -4.00. The predicted molar refractivity (Wildman–Crippen MR) is 113 cm³/mol. The van der Waals surface area contributed by atoms with Crippen molar-refractivity contribution in [3.63, 3.8) is 0 Å². The van der Waals surface area contributed by atoms with Crippen LogP contribution in [0, 0.1) is 6.92 Å². The molecule has 0 radical (unpaired) electrons. The van der Waals surface area contributed by atoms with Crippen LogP contribution < -0.4 is 10.9 Å². The van der Waals surface area contributed by atoms with E-state index in [1.54, 1.807) is 17.0 Å². The van der Waals surface area contributed by atoms with Crippen LogP contribution in [0.4, 0.5) is 5.95 Å². The fourth-order valence-electron chi connectivity index (χ4n) is 3.49. The maximum Gasteiger partial charge on any atom is 0.267 e. The minimum atomic E-state index is -0.171. The molecule has 0 saturated heterocycles. The van der Waals surface area contributed by atoms with Gasteiger partial charge in [0.25, 0.3) is 5.56 Å². The zero-order valence-electron chi connectivity index (χ0n) is 15.8. The molecule has 0 amide bonds. The summed E-state index contributed by atoms with van der Waals surface area (Å²) in [6.07, 6.45) is 3.26. The van der Waals surface area contributed by atoms with Gasteiger partial charge in [-0.1, -0.05) is 48.0 Å². The normalized spacial score (nSPS) is 11.2. The third kappa shape index (κ3) is 3.02. The van der Waals surface area contributed by atoms with Crippen LogP contribution in [0.5, 0.6) is 0 Å². The van der Waals surface area contributed by atoms with Gasteiger partial charge in [0.1, 0.15) is 0 Å². The number of hydrogen-bond donors (Lipinski definition) is 2. The molecule has 142 valence electrons. The second-order valence-corrected chi connectivity index (χ2v) is 6.91. The highest BCUT2D eigenvalue weighted by atomic mass is 16.1. The Morgan fingerprint density at radius 2 is 1.90 bits per heavy atom. The van der Waals surface area contributed by atoms with Crippen LogP contribution in [0.15, 0.2) is 71.8 Å². The number of anilines is 1. The lowest BCUT2D eigenvalue weighted by molar-refractivity contribution is 1.00. The van der Waals surface area contributed by atoms with Gasteiger partial charge < -0.3 is 5.32 Å². The van der Waals surface area contributed by atoms with Crippen molar-refractivity contribution in [2.24, 2.45) is 0 Å². The molecule has 0 aliphatic heterocycles. The quantitative estimate of drug-likeness (QED) is 0.496. The van der Waals surface area contributed by atoms with E-state index in [2.05, 4.69) is 50.6 Å². The summed E-state index contributed by atoms with van der Waals surface area (Å²) in [6.45, 7) is 2.65. The molecule has 7 nitrogen and oxygen atoms in total. The van der Waals surface area contributed by atoms with Gasteiger partial charge in [-0.2, -0.15) is 10.1 Å². The molecule has 5 rings (SSSR count). The smallest absolute Gasteiger partial charge is 0.267 e. The number of aromatic nitrogens is 5. The van der Waals surface area contributed by atoms with E-state index in [0.29, 0.717) is 29.0 Å². The van der Waals surface area contributed by atoms with Crippen LogP contribution in [0.1, 0.15) is 11.1 Å². The summed E-state index contributed by atoms with van der Waals surface area (Å²) in [5, 5.41) is 11.4. The number of fused-ring (bicyclic) bond motifs is 3. The summed E-state index contributed by atoms with van der Waals surface area (Å²) in [5.74, 6) is 0.460. The molecule has 0 fully saturated rings. The van der Waals surface area contributed by atoms with E-state index in [1.165, 1.54) is 5.56 Å². The number of rotatable bonds is 4. The topological polar surface area (TPSA) is 88.5 Å². The molecule has 0 spiro atoms. The lowest BCUT2D eigenvalue weighted by Gasteiger charge is -2.12. The van der Waals surface area contributed by atoms with Gasteiger partial charge in [-0.3, -0.25) is 14.5 Å². The molecule has 0 atom stereocenters. The number of nitrogens with zero attached hydrogens (tertiary/aromatic N) is 4. The van der Waals surface area contributed by atoms with Crippen LogP contribution in [-0.2, 0) is 6.54 Å². The van der Waals surface area contributed by atoms with Crippen LogP contribution in [0.3, 0.4) is 0 Å². The van der Waals surface area contributed by atoms with E-state index < -0.39 is 0 Å². The summed E-state index contributed by atoms with van der Waals surface area (Å²) < 4.78 is 1.60. The molecular weight excluding hydrogens is 364 g/mol. The Balaban J connectivity index is 1.66. The average Bonchev–Trinajstić information content (AvgIpc) is 3.24. The van der Waals surface area contributed by atoms with Crippen molar-refractivity contribution in [2.45, 2.75) is 13.5 Å². The summed E-state index contributed by atoms with van der Waals surface area (Å²) in [7, 11) is 0. The molecule has 0 aliphatic carbocycles. The second kappa shape index (κ2) is 6.87. The highest BCUT2D eigenvalue weighted by Crippen LogP contribution is 2.22. The molecule has 0 saturated carbocycles. The van der Waals surface area contributed by atoms with E-state index in [-0.39, 0.29) is 5.56 Å². The first kappa shape index (κ1) is 17.1. The van der Waals surface area contributed by atoms with Gasteiger partial charge in [0, 0.05) is 12.7 Å². The van der Waals surface area contributed by atoms with E-state index >= 15 is 0 Å². The fraction of sp³-hybridized carbons (Fsp3) is 0.0909. The number of aryl methyl sites for hydroxylation is 1. The van der Waals surface area contributed by atoms with Crippen molar-refractivity contribution < 1.29 is 0 Å². The summed E-state index contributed by atoms with van der Waals surface area (Å²) >= 11 is 0. The van der Waals surface area contributed by atoms with Crippen LogP contribution in [-0.4, -0.2) is 24.7 Å². The van der Waals surface area contributed by atoms with Crippen LogP contribution in [0.2, 0.25) is 0 Å². The van der Waals surface area contributed by atoms with E-state index in [9.17, 15) is 4.79 Å². The molecule has 0 aliphatic rings. The van der Waals surface area contributed by atoms with E-state index in [4.69, 9.17) is 0 Å². The minimum absolute atomic E-state index is 0.171. The van der Waals surface area contributed by atoms with Gasteiger partial charge in [0.2, 0.25) is 5.95 Å². The lowest BCUT2D eigenvalue weighted by atomic mass is 10.1. The van der Waals surface area contributed by atoms with Crippen molar-refractivity contribution in [1.29, 1.82) is 0 Å². The third-order valence-electron chi connectivity index (χ3n) is 4.87. The van der Waals surface area contributed by atoms with Crippen molar-refractivity contribution >= 4 is 27.9 Å². The number of nitrogens with one attached hydrogen (secondary N) is 2. The number of H-pyrrole nitrogens is 1. The Morgan fingerprint density at radius 3 is 2.72 bits per heavy atom. The Kier molecular flexibility index (Phi) is 4.05. The first-order valence-electron chi connectivity index (χ1n) is 9.30.